The fourth-order valence-corrected chi connectivity index (χ4v) is 3.03. The lowest BCUT2D eigenvalue weighted by Gasteiger charge is -2.15. The van der Waals surface area contributed by atoms with E-state index in [4.69, 9.17) is 14.2 Å². The third-order valence-corrected chi connectivity index (χ3v) is 4.85. The van der Waals surface area contributed by atoms with Gasteiger partial charge in [0.05, 0.1) is 5.92 Å². The van der Waals surface area contributed by atoms with E-state index in [-0.39, 0.29) is 22.8 Å². The van der Waals surface area contributed by atoms with Crippen LogP contribution in [0.2, 0.25) is 0 Å². The van der Waals surface area contributed by atoms with E-state index in [1.807, 2.05) is 0 Å². The topological polar surface area (TPSA) is 78.9 Å². The minimum Gasteiger partial charge on any atom is -0.426 e. The second-order valence-corrected chi connectivity index (χ2v) is 7.70. The highest BCUT2D eigenvalue weighted by atomic mass is 19.1. The molecule has 0 spiro atoms. The summed E-state index contributed by atoms with van der Waals surface area (Å²) in [6.45, 7) is 10.1. The number of rotatable bonds is 8. The molecule has 0 atom stereocenters. The molecule has 35 heavy (non-hydrogen) atoms. The quantitative estimate of drug-likeness (QED) is 0.230. The third-order valence-electron chi connectivity index (χ3n) is 4.85. The number of ether oxygens (including phenoxy) is 3. The van der Waals surface area contributed by atoms with E-state index in [0.717, 1.165) is 12.2 Å². The molecule has 0 aromatic heterocycles. The summed E-state index contributed by atoms with van der Waals surface area (Å²) in [7, 11) is 0. The van der Waals surface area contributed by atoms with Crippen LogP contribution < -0.4 is 14.2 Å². The van der Waals surface area contributed by atoms with Gasteiger partial charge in [-0.15, -0.1) is 0 Å². The predicted octanol–water partition coefficient (Wildman–Crippen LogP) is 5.90. The average molecular weight is 474 g/mol. The molecule has 7 heteroatoms. The highest BCUT2D eigenvalue weighted by Crippen LogP contribution is 2.38. The van der Waals surface area contributed by atoms with Gasteiger partial charge in [0, 0.05) is 23.3 Å². The van der Waals surface area contributed by atoms with Crippen LogP contribution in [0.1, 0.15) is 13.8 Å². The Bertz CT molecular complexity index is 1270. The first-order valence-electron chi connectivity index (χ1n) is 10.7. The van der Waals surface area contributed by atoms with Crippen LogP contribution >= 0.6 is 0 Å². The van der Waals surface area contributed by atoms with E-state index in [9.17, 15) is 14.4 Å². The van der Waals surface area contributed by atoms with Crippen molar-refractivity contribution in [1.82, 2.24) is 0 Å². The number of carbonyl (C=O) groups excluding carboxylic acids is 3. The molecule has 0 radical (unpaired) electrons. The van der Waals surface area contributed by atoms with E-state index in [2.05, 4.69) is 13.2 Å². The lowest BCUT2D eigenvalue weighted by Crippen LogP contribution is -2.15. The van der Waals surface area contributed by atoms with E-state index >= 15 is 4.39 Å². The third kappa shape index (κ3) is 6.29. The largest absolute Gasteiger partial charge is 0.426 e. The van der Waals surface area contributed by atoms with Crippen LogP contribution in [0.5, 0.6) is 17.2 Å². The number of carbonyl (C=O) groups is 3. The molecule has 0 bridgehead atoms. The SMILES string of the molecule is C=CC(=O)Oc1ccc(-c2cc(OC(=O)C(C)C)c(-c3ccc(OC(=O)C=C)cc3)cc2F)cc1. The van der Waals surface area contributed by atoms with Crippen molar-refractivity contribution >= 4 is 17.9 Å². The summed E-state index contributed by atoms with van der Waals surface area (Å²) in [5.74, 6) is -1.93. The summed E-state index contributed by atoms with van der Waals surface area (Å²) < 4.78 is 31.0. The van der Waals surface area contributed by atoms with Crippen LogP contribution in [-0.4, -0.2) is 17.9 Å². The van der Waals surface area contributed by atoms with Crippen molar-refractivity contribution in [2.45, 2.75) is 13.8 Å². The zero-order valence-corrected chi connectivity index (χ0v) is 19.2. The summed E-state index contributed by atoms with van der Waals surface area (Å²) in [6, 6.07) is 15.3. The molecule has 3 aromatic rings. The monoisotopic (exact) mass is 474 g/mol. The van der Waals surface area contributed by atoms with Crippen molar-refractivity contribution in [2.75, 3.05) is 0 Å². The first-order chi connectivity index (χ1) is 16.7. The second kappa shape index (κ2) is 11.1. The summed E-state index contributed by atoms with van der Waals surface area (Å²) in [5, 5.41) is 0. The maximum absolute atomic E-state index is 15.2. The Morgan fingerprint density at radius 3 is 1.63 bits per heavy atom. The fourth-order valence-electron chi connectivity index (χ4n) is 3.03. The summed E-state index contributed by atoms with van der Waals surface area (Å²) >= 11 is 0. The zero-order valence-electron chi connectivity index (χ0n) is 19.2. The number of hydrogen-bond acceptors (Lipinski definition) is 6. The van der Waals surface area contributed by atoms with E-state index in [1.54, 1.807) is 50.2 Å². The van der Waals surface area contributed by atoms with Crippen molar-refractivity contribution in [2.24, 2.45) is 5.92 Å². The van der Waals surface area contributed by atoms with Gasteiger partial charge in [0.15, 0.2) is 0 Å². The molecule has 0 aliphatic heterocycles. The van der Waals surface area contributed by atoms with Crippen LogP contribution in [0.15, 0.2) is 86.0 Å². The lowest BCUT2D eigenvalue weighted by molar-refractivity contribution is -0.137. The second-order valence-electron chi connectivity index (χ2n) is 7.70. The Morgan fingerprint density at radius 2 is 1.20 bits per heavy atom. The molecule has 0 amide bonds. The smallest absolute Gasteiger partial charge is 0.335 e. The molecule has 0 heterocycles. The van der Waals surface area contributed by atoms with Crippen molar-refractivity contribution in [3.8, 4) is 39.5 Å². The Hall–Kier alpha value is -4.52. The minimum absolute atomic E-state index is 0.165. The summed E-state index contributed by atoms with van der Waals surface area (Å²) in [6.07, 6.45) is 2.08. The molecule has 0 aliphatic carbocycles. The van der Waals surface area contributed by atoms with Gasteiger partial charge in [0.2, 0.25) is 0 Å². The van der Waals surface area contributed by atoms with Gasteiger partial charge in [-0.3, -0.25) is 4.79 Å². The molecular formula is C28H23FO6. The minimum atomic E-state index is -0.610. The van der Waals surface area contributed by atoms with Crippen molar-refractivity contribution < 1.29 is 33.0 Å². The Labute approximate surface area is 202 Å². The van der Waals surface area contributed by atoms with Crippen molar-refractivity contribution in [1.29, 1.82) is 0 Å². The van der Waals surface area contributed by atoms with Crippen molar-refractivity contribution in [3.63, 3.8) is 0 Å². The highest BCUT2D eigenvalue weighted by molar-refractivity contribution is 5.85. The van der Waals surface area contributed by atoms with E-state index in [1.165, 1.54) is 24.3 Å². The van der Waals surface area contributed by atoms with Gasteiger partial charge in [0.1, 0.15) is 23.1 Å². The zero-order chi connectivity index (χ0) is 25.5. The standard InChI is InChI=1S/C28H23FO6/c1-5-26(30)33-20-11-7-18(8-12-20)22-16-25(35-28(32)17(3)4)23(15-24(22)29)19-9-13-21(14-10-19)34-27(31)6-2/h5-17H,1-2H2,3-4H3. The highest BCUT2D eigenvalue weighted by Gasteiger charge is 2.19. The average Bonchev–Trinajstić information content (AvgIpc) is 2.85. The summed E-state index contributed by atoms with van der Waals surface area (Å²) in [5.41, 5.74) is 1.57. The Morgan fingerprint density at radius 1 is 0.743 bits per heavy atom. The van der Waals surface area contributed by atoms with Gasteiger partial charge in [-0.2, -0.15) is 0 Å². The Kier molecular flexibility index (Phi) is 7.94. The first kappa shape index (κ1) is 25.1. The summed E-state index contributed by atoms with van der Waals surface area (Å²) in [4.78, 5) is 35.2. The Balaban J connectivity index is 2.02. The van der Waals surface area contributed by atoms with Gasteiger partial charge in [-0.05, 0) is 47.5 Å². The van der Waals surface area contributed by atoms with Gasteiger partial charge in [0.25, 0.3) is 0 Å². The van der Waals surface area contributed by atoms with Crippen LogP contribution in [0, 0.1) is 11.7 Å². The van der Waals surface area contributed by atoms with Crippen LogP contribution in [0.4, 0.5) is 4.39 Å². The maximum atomic E-state index is 15.2. The van der Waals surface area contributed by atoms with Crippen LogP contribution in [-0.2, 0) is 14.4 Å². The van der Waals surface area contributed by atoms with Gasteiger partial charge < -0.3 is 14.2 Å². The van der Waals surface area contributed by atoms with Crippen molar-refractivity contribution in [3.05, 3.63) is 91.8 Å². The van der Waals surface area contributed by atoms with Gasteiger partial charge >= 0.3 is 17.9 Å². The molecule has 178 valence electrons. The lowest BCUT2D eigenvalue weighted by atomic mass is 9.98. The number of esters is 3. The molecular weight excluding hydrogens is 451 g/mol. The molecule has 0 aliphatic rings. The van der Waals surface area contributed by atoms with Gasteiger partial charge in [-0.25, -0.2) is 14.0 Å². The van der Waals surface area contributed by atoms with E-state index < -0.39 is 29.6 Å². The molecule has 0 unspecified atom stereocenters. The molecule has 0 saturated carbocycles. The number of hydrogen-bond donors (Lipinski definition) is 0. The first-order valence-corrected chi connectivity index (χ1v) is 10.7. The molecule has 3 rings (SSSR count). The number of halogens is 1. The van der Waals surface area contributed by atoms with E-state index in [0.29, 0.717) is 16.7 Å². The molecule has 3 aromatic carbocycles. The molecule has 6 nitrogen and oxygen atoms in total. The maximum Gasteiger partial charge on any atom is 0.335 e. The van der Waals surface area contributed by atoms with Crippen LogP contribution in [0.3, 0.4) is 0 Å². The normalized spacial score (nSPS) is 10.4. The molecule has 0 fully saturated rings. The molecule has 0 saturated heterocycles. The fraction of sp³-hybridized carbons (Fsp3) is 0.107. The van der Waals surface area contributed by atoms with Gasteiger partial charge in [-0.1, -0.05) is 51.3 Å². The number of benzene rings is 3. The van der Waals surface area contributed by atoms with Crippen LogP contribution in [0.25, 0.3) is 22.3 Å². The molecule has 0 N–H and O–H groups in total. The predicted molar refractivity (Wildman–Crippen MR) is 129 cm³/mol.